The van der Waals surface area contributed by atoms with Crippen LogP contribution in [0, 0.1) is 0 Å². The largest absolute Gasteiger partial charge is 0.402 e. The number of halogens is 1. The highest BCUT2D eigenvalue weighted by atomic mass is 79.9. The van der Waals surface area contributed by atoms with Gasteiger partial charge in [-0.2, -0.15) is 0 Å². The van der Waals surface area contributed by atoms with Crippen molar-refractivity contribution in [3.05, 3.63) is 28.0 Å². The summed E-state index contributed by atoms with van der Waals surface area (Å²) in [7, 11) is 1.69. The summed E-state index contributed by atoms with van der Waals surface area (Å²) in [5.74, 6) is 0.443. The van der Waals surface area contributed by atoms with Crippen molar-refractivity contribution in [2.75, 3.05) is 12.8 Å². The van der Waals surface area contributed by atoms with Crippen LogP contribution in [0.2, 0.25) is 0 Å². The Morgan fingerprint density at radius 3 is 2.80 bits per heavy atom. The summed E-state index contributed by atoms with van der Waals surface area (Å²) in [6.07, 6.45) is 3.32. The summed E-state index contributed by atoms with van der Waals surface area (Å²) < 4.78 is 0.856. The molecule has 1 aromatic heterocycles. The van der Waals surface area contributed by atoms with Gasteiger partial charge in [0.25, 0.3) is 0 Å². The summed E-state index contributed by atoms with van der Waals surface area (Å²) in [4.78, 5) is 7.99. The maximum Gasteiger partial charge on any atom is 0.131 e. The van der Waals surface area contributed by atoms with Crippen LogP contribution in [0.15, 0.2) is 27.4 Å². The summed E-state index contributed by atoms with van der Waals surface area (Å²) in [5, 5.41) is 0. The van der Waals surface area contributed by atoms with E-state index in [1.165, 1.54) is 0 Å². The first kappa shape index (κ1) is 11.7. The molecule has 80 valence electrons. The Morgan fingerprint density at radius 2 is 2.27 bits per heavy atom. The highest BCUT2D eigenvalue weighted by molar-refractivity contribution is 9.10. The van der Waals surface area contributed by atoms with E-state index < -0.39 is 0 Å². The van der Waals surface area contributed by atoms with Crippen molar-refractivity contribution in [3.8, 4) is 0 Å². The Balaban J connectivity index is 3.36. The van der Waals surface area contributed by atoms with E-state index in [1.54, 1.807) is 26.4 Å². The minimum absolute atomic E-state index is 0.443. The first-order valence-electron chi connectivity index (χ1n) is 4.36. The second-order valence-electron chi connectivity index (χ2n) is 3.07. The van der Waals surface area contributed by atoms with E-state index in [0.29, 0.717) is 11.5 Å². The molecule has 0 fully saturated rings. The smallest absolute Gasteiger partial charge is 0.131 e. The highest BCUT2D eigenvalue weighted by Crippen LogP contribution is 2.23. The molecule has 1 aromatic rings. The van der Waals surface area contributed by atoms with Gasteiger partial charge < -0.3 is 11.5 Å². The molecule has 0 radical (unpaired) electrons. The van der Waals surface area contributed by atoms with Crippen LogP contribution in [-0.4, -0.2) is 18.2 Å². The third-order valence-corrected chi connectivity index (χ3v) is 2.29. The van der Waals surface area contributed by atoms with E-state index in [0.717, 1.165) is 15.6 Å². The number of aliphatic imine (C=N–C) groups is 1. The number of allylic oxidation sites excluding steroid dienone is 2. The number of nitrogens with zero attached hydrogens (tertiary/aromatic N) is 2. The number of pyridine rings is 1. The molecule has 1 heterocycles. The third kappa shape index (κ3) is 2.79. The molecule has 4 N–H and O–H groups in total. The van der Waals surface area contributed by atoms with Crippen molar-refractivity contribution >= 4 is 33.5 Å². The number of nitrogens with two attached hydrogens (primary N) is 2. The van der Waals surface area contributed by atoms with Crippen molar-refractivity contribution in [1.82, 2.24) is 4.98 Å². The van der Waals surface area contributed by atoms with Gasteiger partial charge in [-0.15, -0.1) is 0 Å². The lowest BCUT2D eigenvalue weighted by Gasteiger charge is -2.07. The first-order chi connectivity index (χ1) is 7.06. The van der Waals surface area contributed by atoms with Gasteiger partial charge in [0.05, 0.1) is 0 Å². The lowest BCUT2D eigenvalue weighted by Crippen LogP contribution is -2.03. The van der Waals surface area contributed by atoms with Crippen LogP contribution in [0.3, 0.4) is 0 Å². The lowest BCUT2D eigenvalue weighted by atomic mass is 10.1. The summed E-state index contributed by atoms with van der Waals surface area (Å²) in [5.41, 5.74) is 13.8. The topological polar surface area (TPSA) is 77.3 Å². The van der Waals surface area contributed by atoms with E-state index in [4.69, 9.17) is 11.5 Å². The average Bonchev–Trinajstić information content (AvgIpc) is 2.18. The molecular weight excluding hydrogens is 256 g/mol. The molecule has 0 unspecified atom stereocenters. The maximum atomic E-state index is 5.78. The van der Waals surface area contributed by atoms with Crippen LogP contribution >= 0.6 is 15.9 Å². The van der Waals surface area contributed by atoms with Crippen LogP contribution in [0.5, 0.6) is 0 Å². The van der Waals surface area contributed by atoms with Gasteiger partial charge in [0.15, 0.2) is 0 Å². The normalized spacial score (nSPS) is 13.0. The predicted molar refractivity (Wildman–Crippen MR) is 67.5 cm³/mol. The third-order valence-electron chi connectivity index (χ3n) is 1.86. The molecule has 15 heavy (non-hydrogen) atoms. The van der Waals surface area contributed by atoms with Gasteiger partial charge in [-0.1, -0.05) is 0 Å². The van der Waals surface area contributed by atoms with Crippen molar-refractivity contribution in [1.29, 1.82) is 0 Å². The minimum Gasteiger partial charge on any atom is -0.402 e. The number of anilines is 1. The second kappa shape index (κ2) is 4.93. The average molecular weight is 269 g/mol. The number of aromatic nitrogens is 1. The Hall–Kier alpha value is -1.36. The van der Waals surface area contributed by atoms with Crippen LogP contribution in [0.1, 0.15) is 12.5 Å². The van der Waals surface area contributed by atoms with Gasteiger partial charge in [-0.05, 0) is 28.9 Å². The van der Waals surface area contributed by atoms with Crippen molar-refractivity contribution in [2.45, 2.75) is 6.92 Å². The van der Waals surface area contributed by atoms with Gasteiger partial charge in [0.2, 0.25) is 0 Å². The second-order valence-corrected chi connectivity index (χ2v) is 3.99. The lowest BCUT2D eigenvalue weighted by molar-refractivity contribution is 1.28. The van der Waals surface area contributed by atoms with E-state index in [9.17, 15) is 0 Å². The van der Waals surface area contributed by atoms with Crippen LogP contribution in [-0.2, 0) is 0 Å². The zero-order valence-electron chi connectivity index (χ0n) is 8.66. The van der Waals surface area contributed by atoms with E-state index in [2.05, 4.69) is 25.9 Å². The van der Waals surface area contributed by atoms with Gasteiger partial charge in [-0.3, -0.25) is 4.99 Å². The van der Waals surface area contributed by atoms with Crippen LogP contribution < -0.4 is 11.5 Å². The highest BCUT2D eigenvalue weighted by Gasteiger charge is 2.07. The van der Waals surface area contributed by atoms with E-state index >= 15 is 0 Å². The quantitative estimate of drug-likeness (QED) is 0.804. The fourth-order valence-electron chi connectivity index (χ4n) is 1.18. The van der Waals surface area contributed by atoms with Crippen LogP contribution in [0.4, 0.5) is 5.82 Å². The fraction of sp³-hybridized carbons (Fsp3) is 0.200. The standard InChI is InChI=1S/C10H13BrN4/c1-6(12)9(5-14-2)8-3-7(11)4-15-10(8)13/h3-5H,12H2,1-2H3,(H2,13,15)/b9-6+,14-5?. The Bertz CT molecular complexity index is 419. The van der Waals surface area contributed by atoms with Crippen molar-refractivity contribution < 1.29 is 0 Å². The number of rotatable bonds is 2. The van der Waals surface area contributed by atoms with Crippen molar-refractivity contribution in [2.24, 2.45) is 10.7 Å². The molecular formula is C10H13BrN4. The molecule has 0 atom stereocenters. The van der Waals surface area contributed by atoms with E-state index in [-0.39, 0.29) is 0 Å². The summed E-state index contributed by atoms with van der Waals surface area (Å²) >= 11 is 3.34. The van der Waals surface area contributed by atoms with Gasteiger partial charge >= 0.3 is 0 Å². The Morgan fingerprint density at radius 1 is 1.60 bits per heavy atom. The maximum absolute atomic E-state index is 5.78. The zero-order chi connectivity index (χ0) is 11.4. The molecule has 0 aliphatic heterocycles. The fourth-order valence-corrected chi connectivity index (χ4v) is 1.51. The van der Waals surface area contributed by atoms with Gasteiger partial charge in [-0.25, -0.2) is 4.98 Å². The zero-order valence-corrected chi connectivity index (χ0v) is 10.2. The molecule has 4 nitrogen and oxygen atoms in total. The molecule has 0 bridgehead atoms. The number of nitrogen functional groups attached to an aromatic ring is 1. The molecule has 0 saturated heterocycles. The molecule has 0 spiro atoms. The van der Waals surface area contributed by atoms with Gasteiger partial charge in [0.1, 0.15) is 5.82 Å². The molecule has 0 saturated carbocycles. The molecule has 5 heteroatoms. The van der Waals surface area contributed by atoms with Crippen molar-refractivity contribution in [3.63, 3.8) is 0 Å². The number of hydrogen-bond acceptors (Lipinski definition) is 4. The molecule has 0 aliphatic carbocycles. The predicted octanol–water partition coefficient (Wildman–Crippen LogP) is 1.82. The number of hydrogen-bond donors (Lipinski definition) is 2. The first-order valence-corrected chi connectivity index (χ1v) is 5.15. The van der Waals surface area contributed by atoms with Crippen LogP contribution in [0.25, 0.3) is 5.57 Å². The SMILES string of the molecule is CN=C/C(=C(/C)N)c1cc(Br)cnc1N. The summed E-state index contributed by atoms with van der Waals surface area (Å²) in [6.45, 7) is 1.80. The molecule has 1 rings (SSSR count). The minimum atomic E-state index is 0.443. The molecule has 0 aromatic carbocycles. The van der Waals surface area contributed by atoms with E-state index in [1.807, 2.05) is 6.07 Å². The Kier molecular flexibility index (Phi) is 3.85. The molecule has 0 amide bonds. The Labute approximate surface area is 97.2 Å². The van der Waals surface area contributed by atoms with Gasteiger partial charge in [0, 0.05) is 40.8 Å². The summed E-state index contributed by atoms with van der Waals surface area (Å²) in [6, 6.07) is 1.87. The molecule has 0 aliphatic rings. The monoisotopic (exact) mass is 268 g/mol.